The minimum absolute atomic E-state index is 0. The van der Waals surface area contributed by atoms with Gasteiger partial charge in [0.25, 0.3) is 0 Å². The Balaban J connectivity index is 0.00000133. The van der Waals surface area contributed by atoms with Gasteiger partial charge in [-0.05, 0) is 0 Å². The topological polar surface area (TPSA) is 0 Å². The molecule has 0 amide bonds. The van der Waals surface area contributed by atoms with Crippen LogP contribution in [0.5, 0.6) is 0 Å². The molecule has 6 bridgehead atoms. The number of hydrogen-bond acceptors (Lipinski definition) is 1. The monoisotopic (exact) mass is 660 g/mol. The van der Waals surface area contributed by atoms with Gasteiger partial charge >= 0.3 is 234 Å². The van der Waals surface area contributed by atoms with E-state index in [9.17, 15) is 0 Å². The van der Waals surface area contributed by atoms with Crippen LogP contribution in [0.1, 0.15) is 48.1 Å². The van der Waals surface area contributed by atoms with Crippen LogP contribution in [0.15, 0.2) is 110 Å². The van der Waals surface area contributed by atoms with E-state index in [1.54, 1.807) is 6.56 Å². The quantitative estimate of drug-likeness (QED) is 0.210. The average molecular weight is 664 g/mol. The summed E-state index contributed by atoms with van der Waals surface area (Å²) >= 11 is 8.62. The Labute approximate surface area is 235 Å². The zero-order valence-corrected chi connectivity index (χ0v) is 24.5. The molecule has 2 aliphatic heterocycles. The van der Waals surface area contributed by atoms with Crippen molar-refractivity contribution in [3.63, 3.8) is 0 Å². The number of hydrogen-bond donors (Lipinski definition) is 0. The summed E-state index contributed by atoms with van der Waals surface area (Å²) in [5.41, 5.74) is 8.51. The van der Waals surface area contributed by atoms with E-state index in [1.165, 1.54) is 52.1 Å². The maximum atomic E-state index is 3.92. The zero-order chi connectivity index (χ0) is 22.8. The van der Waals surface area contributed by atoms with Gasteiger partial charge in [0, 0.05) is 0 Å². The summed E-state index contributed by atoms with van der Waals surface area (Å²) in [6, 6.07) is 31.5. The molecule has 0 radical (unpaired) electrons. The van der Waals surface area contributed by atoms with Crippen molar-refractivity contribution in [3.05, 3.63) is 134 Å². The average Bonchev–Trinajstić information content (AvgIpc) is 3.43. The van der Waals surface area contributed by atoms with Crippen LogP contribution in [0, 0.1) is 0 Å². The van der Waals surface area contributed by atoms with E-state index in [4.69, 9.17) is 0 Å². The van der Waals surface area contributed by atoms with Crippen LogP contribution >= 0.6 is 43.6 Å². The first kappa shape index (κ1) is 21.8. The Morgan fingerprint density at radius 1 is 0.647 bits per heavy atom. The van der Waals surface area contributed by atoms with Gasteiger partial charge in [0.05, 0.1) is 0 Å². The van der Waals surface area contributed by atoms with E-state index in [-0.39, 0.29) is 2.85 Å². The molecule has 0 fully saturated rings. The maximum absolute atomic E-state index is 3.92. The molecule has 0 aromatic heterocycles. The fourth-order valence-corrected chi connectivity index (χ4v) is 11.8. The zero-order valence-electron chi connectivity index (χ0n) is 20.1. The standard InChI is InChI=1S/C15H8BrS.C15H10Br.Zr.2H/c16-13-7-8-14-12-6-5-11(15(12)13)9-1-3-10(17-14)4-2-9;16-14-8-4-7-12-9-10-13(15(12)14)11-5-2-1-3-6-11;;;/h1-4,6-8,11H;1-9,13H;;;/q;;+2;2*-1. The largest absolute Gasteiger partial charge is 1.00 e. The number of fused-ring (bicyclic) bond motifs is 3. The molecule has 0 spiro atoms. The molecular weight excluding hydrogens is 643 g/mol. The summed E-state index contributed by atoms with van der Waals surface area (Å²) < 4.78 is 5.74. The van der Waals surface area contributed by atoms with E-state index in [1.807, 2.05) is 11.8 Å². The molecule has 4 aliphatic rings. The molecule has 2 unspecified atom stereocenters. The maximum Gasteiger partial charge on any atom is -1.00 e. The first-order valence-corrected chi connectivity index (χ1v) is 16.2. The summed E-state index contributed by atoms with van der Waals surface area (Å²) in [7, 11) is 0. The molecule has 0 saturated heterocycles. The van der Waals surface area contributed by atoms with Crippen LogP contribution in [0.25, 0.3) is 12.2 Å². The van der Waals surface area contributed by atoms with Crippen LogP contribution in [-0.4, -0.2) is 0 Å². The van der Waals surface area contributed by atoms with Crippen LogP contribution < -0.4 is 0 Å². The molecule has 2 aliphatic carbocycles. The van der Waals surface area contributed by atoms with Crippen molar-refractivity contribution in [2.24, 2.45) is 0 Å². The molecule has 34 heavy (non-hydrogen) atoms. The minimum Gasteiger partial charge on any atom is -1.00 e. The smallest absolute Gasteiger partial charge is 1.00 e. The third-order valence-electron chi connectivity index (χ3n) is 6.95. The van der Waals surface area contributed by atoms with E-state index in [2.05, 4.69) is 129 Å². The van der Waals surface area contributed by atoms with E-state index >= 15 is 0 Å². The fourth-order valence-electron chi connectivity index (χ4n) is 5.48. The Kier molecular flexibility index (Phi) is 5.51. The Bertz CT molecular complexity index is 1530. The third-order valence-corrected chi connectivity index (χ3v) is 13.0. The first-order chi connectivity index (χ1) is 16.7. The molecule has 2 atom stereocenters. The molecule has 8 rings (SSSR count). The summed E-state index contributed by atoms with van der Waals surface area (Å²) in [4.78, 5) is 2.69. The van der Waals surface area contributed by atoms with Gasteiger partial charge in [-0.2, -0.15) is 0 Å². The van der Waals surface area contributed by atoms with Crippen LogP contribution in [-0.2, 0) is 23.2 Å². The van der Waals surface area contributed by atoms with Crippen molar-refractivity contribution in [1.82, 2.24) is 0 Å². The van der Waals surface area contributed by atoms with Gasteiger partial charge in [-0.25, -0.2) is 0 Å². The van der Waals surface area contributed by atoms with Crippen LogP contribution in [0.2, 0.25) is 0 Å². The normalized spacial score (nSPS) is 19.0. The molecule has 4 aromatic rings. The van der Waals surface area contributed by atoms with Crippen molar-refractivity contribution in [2.75, 3.05) is 0 Å². The summed E-state index contributed by atoms with van der Waals surface area (Å²) in [5, 5.41) is 0. The summed E-state index contributed by atoms with van der Waals surface area (Å²) in [6.45, 7) is 0. The Morgan fingerprint density at radius 3 is 2.18 bits per heavy atom. The van der Waals surface area contributed by atoms with E-state index < -0.39 is 23.2 Å². The molecule has 0 nitrogen and oxygen atoms in total. The molecule has 0 N–H and O–H groups in total. The van der Waals surface area contributed by atoms with Gasteiger partial charge in [0.15, 0.2) is 0 Å². The second-order valence-electron chi connectivity index (χ2n) is 8.89. The number of benzene rings is 4. The minimum atomic E-state index is -1.07. The molecule has 164 valence electrons. The first-order valence-electron chi connectivity index (χ1n) is 11.3. The molecule has 2 heterocycles. The summed E-state index contributed by atoms with van der Waals surface area (Å²) in [6.07, 6.45) is 5.06. The van der Waals surface area contributed by atoms with Crippen LogP contribution in [0.3, 0.4) is 0 Å². The van der Waals surface area contributed by atoms with Crippen molar-refractivity contribution < 1.29 is 26.1 Å². The molecule has 4 heteroatoms. The van der Waals surface area contributed by atoms with Gasteiger partial charge in [-0.1, -0.05) is 0 Å². The van der Waals surface area contributed by atoms with Crippen molar-refractivity contribution in [3.8, 4) is 0 Å². The fraction of sp³-hybridized carbons (Fsp3) is 0.0667. The van der Waals surface area contributed by atoms with E-state index in [0.717, 1.165) is 0 Å². The predicted molar refractivity (Wildman–Crippen MR) is 147 cm³/mol. The SMILES string of the molecule is Brc1cccc2c1C(c1ccccc1)[C]([Zr+2][C]1=Cc3c4ccc(Br)c3C1c1ccc(cc1)S4)=C2.[H-].[H-]. The molecule has 0 saturated carbocycles. The van der Waals surface area contributed by atoms with Gasteiger partial charge in [0.2, 0.25) is 0 Å². The van der Waals surface area contributed by atoms with Gasteiger partial charge in [-0.3, -0.25) is 0 Å². The number of allylic oxidation sites excluding steroid dienone is 2. The van der Waals surface area contributed by atoms with Crippen molar-refractivity contribution in [1.29, 1.82) is 0 Å². The van der Waals surface area contributed by atoms with Gasteiger partial charge in [0.1, 0.15) is 0 Å². The summed E-state index contributed by atoms with van der Waals surface area (Å²) in [5.74, 6) is 0.698. The Morgan fingerprint density at radius 2 is 1.35 bits per heavy atom. The number of halogens is 2. The van der Waals surface area contributed by atoms with E-state index in [0.29, 0.717) is 11.8 Å². The van der Waals surface area contributed by atoms with Crippen molar-refractivity contribution in [2.45, 2.75) is 21.6 Å². The third kappa shape index (κ3) is 3.48. The predicted octanol–water partition coefficient (Wildman–Crippen LogP) is 9.66. The van der Waals surface area contributed by atoms with Gasteiger partial charge in [-0.15, -0.1) is 0 Å². The molecule has 4 aromatic carbocycles. The van der Waals surface area contributed by atoms with Crippen LogP contribution in [0.4, 0.5) is 0 Å². The Hall–Kier alpha value is -1.45. The second kappa shape index (κ2) is 8.59. The number of rotatable bonds is 3. The second-order valence-corrected chi connectivity index (χ2v) is 15.2. The molecular formula is C30H20Br2SZr. The van der Waals surface area contributed by atoms with Crippen molar-refractivity contribution >= 4 is 55.8 Å². The van der Waals surface area contributed by atoms with Gasteiger partial charge < -0.3 is 2.85 Å².